The number of carbonyl (C=O) groups is 4. The van der Waals surface area contributed by atoms with Gasteiger partial charge in [-0.2, -0.15) is 0 Å². The van der Waals surface area contributed by atoms with Crippen LogP contribution in [0, 0.1) is 11.8 Å². The number of nitrogens with zero attached hydrogens (tertiary/aromatic N) is 4. The average molecular weight is 885 g/mol. The van der Waals surface area contributed by atoms with Crippen LogP contribution in [0.4, 0.5) is 9.59 Å². The monoisotopic (exact) mass is 884 g/mol. The number of hydrogen-bond acceptors (Lipinski definition) is 12. The number of aromatic amines is 2. The summed E-state index contributed by atoms with van der Waals surface area (Å²) in [5.41, 5.74) is 4.80. The summed E-state index contributed by atoms with van der Waals surface area (Å²) >= 11 is 0. The molecule has 3 aliphatic heterocycles. The first-order valence-electron chi connectivity index (χ1n) is 22.1. The molecule has 0 saturated carbocycles. The number of hydrogen-bond donors (Lipinski definition) is 4. The lowest BCUT2D eigenvalue weighted by atomic mass is 9.98. The van der Waals surface area contributed by atoms with E-state index in [2.05, 4.69) is 20.6 Å². The molecule has 5 heterocycles. The molecular weight excluding hydrogens is 825 g/mol. The molecule has 18 heteroatoms. The third-order valence-corrected chi connectivity index (χ3v) is 11.9. The van der Waals surface area contributed by atoms with E-state index in [9.17, 15) is 19.2 Å². The van der Waals surface area contributed by atoms with Crippen molar-refractivity contribution in [3.05, 3.63) is 60.4 Å². The molecule has 4 aromatic rings. The van der Waals surface area contributed by atoms with Crippen molar-refractivity contribution in [1.82, 2.24) is 40.4 Å². The van der Waals surface area contributed by atoms with Crippen LogP contribution in [0.1, 0.15) is 77.1 Å². The van der Waals surface area contributed by atoms with E-state index in [1.807, 2.05) is 64.1 Å². The molecule has 4 atom stereocenters. The maximum Gasteiger partial charge on any atom is 0.407 e. The van der Waals surface area contributed by atoms with Gasteiger partial charge in [-0.05, 0) is 60.8 Å². The zero-order valence-electron chi connectivity index (χ0n) is 37.4. The Morgan fingerprint density at radius 3 is 1.56 bits per heavy atom. The average Bonchev–Trinajstić information content (AvgIpc) is 4.14. The zero-order valence-corrected chi connectivity index (χ0v) is 37.4. The largest absolute Gasteiger partial charge is 0.487 e. The van der Waals surface area contributed by atoms with Crippen molar-refractivity contribution in [3.8, 4) is 45.1 Å². The summed E-state index contributed by atoms with van der Waals surface area (Å²) in [6.07, 6.45) is 5.28. The fourth-order valence-corrected chi connectivity index (χ4v) is 8.53. The third kappa shape index (κ3) is 10.3. The molecule has 344 valence electrons. The Kier molecular flexibility index (Phi) is 15.1. The Bertz CT molecular complexity index is 2240. The van der Waals surface area contributed by atoms with Crippen molar-refractivity contribution >= 4 is 24.0 Å². The summed E-state index contributed by atoms with van der Waals surface area (Å²) in [6, 6.07) is 9.96. The summed E-state index contributed by atoms with van der Waals surface area (Å²) in [4.78, 5) is 71.7. The highest BCUT2D eigenvalue weighted by molar-refractivity contribution is 5.87. The molecule has 0 aliphatic carbocycles. The highest BCUT2D eigenvalue weighted by atomic mass is 16.6. The van der Waals surface area contributed by atoms with Crippen molar-refractivity contribution in [2.75, 3.05) is 67.0 Å². The fraction of sp³-hybridized carbons (Fsp3) is 0.522. The molecule has 4 amide bonds. The Morgan fingerprint density at radius 2 is 1.06 bits per heavy atom. The van der Waals surface area contributed by atoms with E-state index in [4.69, 9.17) is 38.4 Å². The minimum absolute atomic E-state index is 0.135. The van der Waals surface area contributed by atoms with Gasteiger partial charge in [0.25, 0.3) is 0 Å². The molecule has 64 heavy (non-hydrogen) atoms. The number of rotatable bonds is 11. The number of imidazole rings is 2. The van der Waals surface area contributed by atoms with E-state index in [1.54, 1.807) is 22.2 Å². The number of H-pyrrole nitrogens is 2. The molecule has 4 unspecified atom stereocenters. The quantitative estimate of drug-likeness (QED) is 0.136. The Morgan fingerprint density at radius 1 is 0.625 bits per heavy atom. The maximum atomic E-state index is 13.8. The topological polar surface area (TPSA) is 212 Å². The lowest BCUT2D eigenvalue weighted by Crippen LogP contribution is -2.51. The maximum absolute atomic E-state index is 13.8. The SMILES string of the molecule is COC(=O)NC(C(=O)N1CCCC1c1ncc(-c2ccc(-c3ccc(-c4cnc(C5CCCN5C(=O)C(NC(=O)OC)C(C)C)[nH]4)c4c3OCCOCCOCCO4)cc2)[nH]1)C(C)C. The van der Waals surface area contributed by atoms with Gasteiger partial charge in [0.2, 0.25) is 11.8 Å². The second-order valence-corrected chi connectivity index (χ2v) is 16.8. The number of benzene rings is 2. The first-order valence-corrected chi connectivity index (χ1v) is 22.1. The molecular formula is C46H60N8O10. The fourth-order valence-electron chi connectivity index (χ4n) is 8.53. The molecule has 2 fully saturated rings. The number of nitrogens with one attached hydrogen (secondary N) is 4. The second-order valence-electron chi connectivity index (χ2n) is 16.8. The Balaban J connectivity index is 1.15. The molecule has 0 bridgehead atoms. The number of aromatic nitrogens is 4. The van der Waals surface area contributed by atoms with Crippen molar-refractivity contribution in [2.45, 2.75) is 77.5 Å². The van der Waals surface area contributed by atoms with Gasteiger partial charge in [-0.1, -0.05) is 52.0 Å². The summed E-state index contributed by atoms with van der Waals surface area (Å²) in [6.45, 7) is 10.7. The van der Waals surface area contributed by atoms with Crippen LogP contribution in [-0.2, 0) is 28.5 Å². The molecule has 0 spiro atoms. The third-order valence-electron chi connectivity index (χ3n) is 11.9. The van der Waals surface area contributed by atoms with E-state index in [-0.39, 0.29) is 48.9 Å². The van der Waals surface area contributed by atoms with Crippen LogP contribution in [0.3, 0.4) is 0 Å². The van der Waals surface area contributed by atoms with Crippen LogP contribution < -0.4 is 20.1 Å². The van der Waals surface area contributed by atoms with Crippen molar-refractivity contribution in [1.29, 1.82) is 0 Å². The van der Waals surface area contributed by atoms with Gasteiger partial charge in [-0.15, -0.1) is 0 Å². The second kappa shape index (κ2) is 21.0. The summed E-state index contributed by atoms with van der Waals surface area (Å²) < 4.78 is 34.2. The van der Waals surface area contributed by atoms with Crippen LogP contribution in [0.15, 0.2) is 48.8 Å². The van der Waals surface area contributed by atoms with Crippen LogP contribution in [0.5, 0.6) is 11.5 Å². The molecule has 2 aromatic carbocycles. The first-order chi connectivity index (χ1) is 31.0. The predicted molar refractivity (Wildman–Crippen MR) is 235 cm³/mol. The van der Waals surface area contributed by atoms with E-state index >= 15 is 0 Å². The van der Waals surface area contributed by atoms with Gasteiger partial charge in [0.05, 0.1) is 76.5 Å². The van der Waals surface area contributed by atoms with Crippen molar-refractivity contribution in [2.24, 2.45) is 11.8 Å². The van der Waals surface area contributed by atoms with Gasteiger partial charge in [-0.25, -0.2) is 19.6 Å². The van der Waals surface area contributed by atoms with Gasteiger partial charge in [0, 0.05) is 24.2 Å². The molecule has 2 aromatic heterocycles. The predicted octanol–water partition coefficient (Wildman–Crippen LogP) is 6.03. The van der Waals surface area contributed by atoms with Crippen molar-refractivity contribution < 1.29 is 47.6 Å². The highest BCUT2D eigenvalue weighted by Crippen LogP contribution is 2.46. The normalized spacial score (nSPS) is 19.1. The highest BCUT2D eigenvalue weighted by Gasteiger charge is 2.39. The van der Waals surface area contributed by atoms with Crippen molar-refractivity contribution in [3.63, 3.8) is 0 Å². The number of carbonyl (C=O) groups excluding carboxylic acids is 4. The van der Waals surface area contributed by atoms with Gasteiger partial charge in [0.1, 0.15) is 36.9 Å². The van der Waals surface area contributed by atoms with E-state index in [0.717, 1.165) is 47.2 Å². The lowest BCUT2D eigenvalue weighted by Gasteiger charge is -2.30. The van der Waals surface area contributed by atoms with Crippen LogP contribution in [-0.4, -0.2) is 133 Å². The van der Waals surface area contributed by atoms with E-state index in [0.29, 0.717) is 74.8 Å². The Hall–Kier alpha value is -6.14. The van der Waals surface area contributed by atoms with Gasteiger partial charge in [0.15, 0.2) is 11.5 Å². The van der Waals surface area contributed by atoms with Crippen LogP contribution >= 0.6 is 0 Å². The molecule has 7 rings (SSSR count). The number of methoxy groups -OCH3 is 2. The smallest absolute Gasteiger partial charge is 0.407 e. The number of ether oxygens (including phenoxy) is 6. The number of likely N-dealkylation sites (tertiary alicyclic amines) is 2. The number of fused-ring (bicyclic) bond motifs is 1. The van der Waals surface area contributed by atoms with Gasteiger partial charge >= 0.3 is 12.2 Å². The van der Waals surface area contributed by atoms with Crippen LogP contribution in [0.2, 0.25) is 0 Å². The van der Waals surface area contributed by atoms with Crippen LogP contribution in [0.25, 0.3) is 33.6 Å². The molecule has 3 aliphatic rings. The standard InChI is InChI=1S/C46H60N8O10/c1-27(2)37(51-45(57)59-5)43(55)53-17-7-9-35(53)41-47-25-33(49-41)30-13-11-29(12-14-30)31-15-16-32(40-39(31)63-23-21-61-19-20-62-22-24-64-40)34-26-48-42(50-34)36-10-8-18-54(36)44(56)38(28(3)4)52-46(58)60-6/h11-16,25-28,35-38H,7-10,17-24H2,1-6H3,(H,47,49)(H,48,50)(H,51,57)(H,52,58). The van der Waals surface area contributed by atoms with E-state index in [1.165, 1.54) is 14.2 Å². The molecule has 4 N–H and O–H groups in total. The summed E-state index contributed by atoms with van der Waals surface area (Å²) in [5, 5.41) is 5.41. The first kappa shape index (κ1) is 45.9. The molecule has 0 radical (unpaired) electrons. The number of amides is 4. The Labute approximate surface area is 373 Å². The molecule has 18 nitrogen and oxygen atoms in total. The summed E-state index contributed by atoms with van der Waals surface area (Å²) in [7, 11) is 2.56. The van der Waals surface area contributed by atoms with Gasteiger partial charge in [-0.3, -0.25) is 9.59 Å². The molecule has 2 saturated heterocycles. The van der Waals surface area contributed by atoms with Gasteiger partial charge < -0.3 is 58.8 Å². The van der Waals surface area contributed by atoms with E-state index < -0.39 is 24.3 Å². The summed E-state index contributed by atoms with van der Waals surface area (Å²) in [5.74, 6) is 1.71. The minimum atomic E-state index is -0.749. The number of alkyl carbamates (subject to hydrolysis) is 2. The zero-order chi connectivity index (χ0) is 45.3. The minimum Gasteiger partial charge on any atom is -0.487 e. The lowest BCUT2D eigenvalue weighted by molar-refractivity contribution is -0.136.